The van der Waals surface area contributed by atoms with Crippen molar-refractivity contribution in [1.82, 2.24) is 14.6 Å². The standard InChI is InChI=1S/C13H16N4O2/c1-16(7-9-3-2-4-9)12-6-5-11-14-10(13(18)19)8-17(11)15-12/h5-6,8-9H,2-4,7H2,1H3,(H,18,19). The largest absolute Gasteiger partial charge is 0.476 e. The number of nitrogens with zero attached hydrogens (tertiary/aromatic N) is 4. The Morgan fingerprint density at radius 2 is 2.32 bits per heavy atom. The number of carboxylic acid groups (broad SMARTS) is 1. The van der Waals surface area contributed by atoms with Crippen LogP contribution in [0.25, 0.3) is 5.65 Å². The number of aromatic nitrogens is 3. The summed E-state index contributed by atoms with van der Waals surface area (Å²) in [6.07, 6.45) is 5.36. The molecule has 3 rings (SSSR count). The molecule has 0 atom stereocenters. The van der Waals surface area contributed by atoms with E-state index in [-0.39, 0.29) is 5.69 Å². The summed E-state index contributed by atoms with van der Waals surface area (Å²) in [5.41, 5.74) is 0.574. The Morgan fingerprint density at radius 3 is 2.95 bits per heavy atom. The summed E-state index contributed by atoms with van der Waals surface area (Å²) in [7, 11) is 2.02. The minimum absolute atomic E-state index is 0.0197. The van der Waals surface area contributed by atoms with Crippen LogP contribution in [0.4, 0.5) is 5.82 Å². The highest BCUT2D eigenvalue weighted by Crippen LogP contribution is 2.27. The Hall–Kier alpha value is -2.11. The van der Waals surface area contributed by atoms with Gasteiger partial charge in [-0.05, 0) is 30.9 Å². The number of fused-ring (bicyclic) bond motifs is 1. The number of hydrogen-bond donors (Lipinski definition) is 1. The normalized spacial score (nSPS) is 15.4. The van der Waals surface area contributed by atoms with Crippen molar-refractivity contribution in [2.75, 3.05) is 18.5 Å². The van der Waals surface area contributed by atoms with Crippen molar-refractivity contribution in [3.05, 3.63) is 24.0 Å². The van der Waals surface area contributed by atoms with Crippen molar-refractivity contribution in [2.24, 2.45) is 5.92 Å². The van der Waals surface area contributed by atoms with Gasteiger partial charge in [0.25, 0.3) is 0 Å². The van der Waals surface area contributed by atoms with Crippen molar-refractivity contribution < 1.29 is 9.90 Å². The van der Waals surface area contributed by atoms with E-state index in [1.807, 2.05) is 13.1 Å². The monoisotopic (exact) mass is 260 g/mol. The van der Waals surface area contributed by atoms with Crippen LogP contribution in [0.1, 0.15) is 29.8 Å². The fraction of sp³-hybridized carbons (Fsp3) is 0.462. The first-order valence-electron chi connectivity index (χ1n) is 6.44. The highest BCUT2D eigenvalue weighted by Gasteiger charge is 2.20. The summed E-state index contributed by atoms with van der Waals surface area (Å²) in [4.78, 5) is 17.0. The first-order chi connectivity index (χ1) is 9.13. The van der Waals surface area contributed by atoms with Crippen molar-refractivity contribution in [2.45, 2.75) is 19.3 Å². The molecule has 1 aliphatic carbocycles. The zero-order valence-electron chi connectivity index (χ0n) is 10.8. The Morgan fingerprint density at radius 1 is 1.53 bits per heavy atom. The third-order valence-corrected chi connectivity index (χ3v) is 3.67. The van der Waals surface area contributed by atoms with E-state index in [0.29, 0.717) is 5.65 Å². The summed E-state index contributed by atoms with van der Waals surface area (Å²) >= 11 is 0. The lowest BCUT2D eigenvalue weighted by atomic mass is 9.85. The zero-order chi connectivity index (χ0) is 13.4. The topological polar surface area (TPSA) is 70.7 Å². The van der Waals surface area contributed by atoms with Crippen LogP contribution in [0.3, 0.4) is 0 Å². The van der Waals surface area contributed by atoms with Gasteiger partial charge in [-0.15, -0.1) is 5.10 Å². The molecule has 1 N–H and O–H groups in total. The molecular weight excluding hydrogens is 244 g/mol. The Bertz CT molecular complexity index is 618. The van der Waals surface area contributed by atoms with E-state index in [1.54, 1.807) is 6.07 Å². The summed E-state index contributed by atoms with van der Waals surface area (Å²) in [5, 5.41) is 13.3. The number of imidazole rings is 1. The van der Waals surface area contributed by atoms with E-state index >= 15 is 0 Å². The molecule has 0 aliphatic heterocycles. The quantitative estimate of drug-likeness (QED) is 0.905. The van der Waals surface area contributed by atoms with Gasteiger partial charge < -0.3 is 10.0 Å². The van der Waals surface area contributed by atoms with E-state index in [0.717, 1.165) is 18.3 Å². The second-order valence-corrected chi connectivity index (χ2v) is 5.10. The molecule has 0 radical (unpaired) electrons. The molecule has 6 heteroatoms. The molecule has 0 saturated heterocycles. The van der Waals surface area contributed by atoms with Crippen LogP contribution in [-0.4, -0.2) is 39.3 Å². The molecule has 0 aromatic carbocycles. The van der Waals surface area contributed by atoms with Crippen LogP contribution in [-0.2, 0) is 0 Å². The maximum atomic E-state index is 10.9. The van der Waals surface area contributed by atoms with Gasteiger partial charge in [0.05, 0.1) is 6.20 Å². The van der Waals surface area contributed by atoms with Crippen LogP contribution in [0.2, 0.25) is 0 Å². The molecular formula is C13H16N4O2. The number of rotatable bonds is 4. The molecule has 1 aliphatic rings. The molecule has 0 amide bonds. The summed E-state index contributed by atoms with van der Waals surface area (Å²) in [6.45, 7) is 0.999. The van der Waals surface area contributed by atoms with Gasteiger partial charge >= 0.3 is 5.97 Å². The SMILES string of the molecule is CN(CC1CCC1)c1ccc2nc(C(=O)O)cn2n1. The minimum atomic E-state index is -1.03. The lowest BCUT2D eigenvalue weighted by molar-refractivity contribution is 0.0691. The van der Waals surface area contributed by atoms with Crippen LogP contribution in [0.5, 0.6) is 0 Å². The third kappa shape index (κ3) is 2.25. The van der Waals surface area contributed by atoms with Gasteiger partial charge in [-0.3, -0.25) is 0 Å². The Labute approximate surface area is 110 Å². The van der Waals surface area contributed by atoms with E-state index in [9.17, 15) is 4.79 Å². The molecule has 0 bridgehead atoms. The lowest BCUT2D eigenvalue weighted by Gasteiger charge is -2.30. The molecule has 2 aromatic heterocycles. The van der Waals surface area contributed by atoms with E-state index in [2.05, 4.69) is 15.0 Å². The molecule has 2 aromatic rings. The predicted octanol–water partition coefficient (Wildman–Crippen LogP) is 1.66. The summed E-state index contributed by atoms with van der Waals surface area (Å²) in [5.74, 6) is 0.573. The third-order valence-electron chi connectivity index (χ3n) is 3.67. The fourth-order valence-electron chi connectivity index (χ4n) is 2.33. The maximum Gasteiger partial charge on any atom is 0.356 e. The summed E-state index contributed by atoms with van der Waals surface area (Å²) in [6, 6.07) is 3.68. The Kier molecular flexibility index (Phi) is 2.85. The number of carboxylic acids is 1. The van der Waals surface area contributed by atoms with Gasteiger partial charge in [-0.2, -0.15) is 0 Å². The average molecular weight is 260 g/mol. The molecule has 1 fully saturated rings. The van der Waals surface area contributed by atoms with Gasteiger partial charge in [0.1, 0.15) is 5.82 Å². The van der Waals surface area contributed by atoms with Crippen LogP contribution < -0.4 is 4.90 Å². The molecule has 1 saturated carbocycles. The second-order valence-electron chi connectivity index (χ2n) is 5.10. The smallest absolute Gasteiger partial charge is 0.356 e. The first-order valence-corrected chi connectivity index (χ1v) is 6.44. The van der Waals surface area contributed by atoms with Crippen LogP contribution in [0.15, 0.2) is 18.3 Å². The van der Waals surface area contributed by atoms with Crippen molar-refractivity contribution >= 4 is 17.4 Å². The van der Waals surface area contributed by atoms with Crippen LogP contribution >= 0.6 is 0 Å². The highest BCUT2D eigenvalue weighted by atomic mass is 16.4. The molecule has 2 heterocycles. The van der Waals surface area contributed by atoms with Crippen molar-refractivity contribution in [3.63, 3.8) is 0 Å². The Balaban J connectivity index is 1.85. The predicted molar refractivity (Wildman–Crippen MR) is 70.6 cm³/mol. The number of aromatic carboxylic acids is 1. The number of hydrogen-bond acceptors (Lipinski definition) is 4. The van der Waals surface area contributed by atoms with Crippen molar-refractivity contribution in [1.29, 1.82) is 0 Å². The molecule has 0 spiro atoms. The number of carbonyl (C=O) groups is 1. The van der Waals surface area contributed by atoms with E-state index in [4.69, 9.17) is 5.11 Å². The van der Waals surface area contributed by atoms with Crippen LogP contribution in [0, 0.1) is 5.92 Å². The molecule has 6 nitrogen and oxygen atoms in total. The number of anilines is 1. The molecule has 19 heavy (non-hydrogen) atoms. The van der Waals surface area contributed by atoms with Gasteiger partial charge in [0.2, 0.25) is 0 Å². The fourth-order valence-corrected chi connectivity index (χ4v) is 2.33. The average Bonchev–Trinajstić information content (AvgIpc) is 2.76. The van der Waals surface area contributed by atoms with Crippen molar-refractivity contribution in [3.8, 4) is 0 Å². The lowest BCUT2D eigenvalue weighted by Crippen LogP contribution is -2.30. The van der Waals surface area contributed by atoms with Gasteiger partial charge in [-0.1, -0.05) is 6.42 Å². The van der Waals surface area contributed by atoms with Gasteiger partial charge in [0, 0.05) is 13.6 Å². The highest BCUT2D eigenvalue weighted by molar-refractivity contribution is 5.86. The zero-order valence-corrected chi connectivity index (χ0v) is 10.8. The minimum Gasteiger partial charge on any atom is -0.476 e. The maximum absolute atomic E-state index is 10.9. The van der Waals surface area contributed by atoms with E-state index in [1.165, 1.54) is 30.0 Å². The second kappa shape index (κ2) is 4.53. The molecule has 0 unspecified atom stereocenters. The molecule has 100 valence electrons. The van der Waals surface area contributed by atoms with Gasteiger partial charge in [0.15, 0.2) is 11.3 Å². The first kappa shape index (κ1) is 12.0. The van der Waals surface area contributed by atoms with E-state index < -0.39 is 5.97 Å². The summed E-state index contributed by atoms with van der Waals surface area (Å²) < 4.78 is 1.52. The van der Waals surface area contributed by atoms with Gasteiger partial charge in [-0.25, -0.2) is 14.3 Å².